The number of aromatic nitrogens is 2. The van der Waals surface area contributed by atoms with Gasteiger partial charge < -0.3 is 14.8 Å². The first-order valence-corrected chi connectivity index (χ1v) is 7.29. The van der Waals surface area contributed by atoms with E-state index in [1.165, 1.54) is 16.9 Å². The summed E-state index contributed by atoms with van der Waals surface area (Å²) in [7, 11) is 1.59. The Morgan fingerprint density at radius 2 is 2.05 bits per heavy atom. The molecule has 0 aliphatic rings. The van der Waals surface area contributed by atoms with Crippen molar-refractivity contribution < 1.29 is 14.3 Å². The Bertz CT molecular complexity index is 583. The van der Waals surface area contributed by atoms with Gasteiger partial charge in [-0.25, -0.2) is 0 Å². The molecule has 1 amide bonds. The van der Waals surface area contributed by atoms with Crippen LogP contribution >= 0.6 is 11.3 Å². The summed E-state index contributed by atoms with van der Waals surface area (Å²) < 4.78 is 10.4. The van der Waals surface area contributed by atoms with Crippen molar-refractivity contribution in [3.05, 3.63) is 34.8 Å². The van der Waals surface area contributed by atoms with E-state index in [0.717, 1.165) is 10.8 Å². The van der Waals surface area contributed by atoms with E-state index in [2.05, 4.69) is 15.5 Å². The summed E-state index contributed by atoms with van der Waals surface area (Å²) in [5.41, 5.74) is 1.17. The number of methoxy groups -OCH3 is 1. The molecule has 0 bridgehead atoms. The fraction of sp³-hybridized carbons (Fsp3) is 0.357. The summed E-state index contributed by atoms with van der Waals surface area (Å²) in [5, 5.41) is 11.6. The van der Waals surface area contributed by atoms with E-state index < -0.39 is 0 Å². The molecular formula is C14H17N3O3S. The van der Waals surface area contributed by atoms with Gasteiger partial charge >= 0.3 is 0 Å². The largest absolute Gasteiger partial charge is 0.493 e. The number of hydrogen-bond acceptors (Lipinski definition) is 6. The van der Waals surface area contributed by atoms with Crippen molar-refractivity contribution in [3.63, 3.8) is 0 Å². The predicted octanol–water partition coefficient (Wildman–Crippen LogP) is 2.40. The highest BCUT2D eigenvalue weighted by Crippen LogP contribution is 2.16. The lowest BCUT2D eigenvalue weighted by molar-refractivity contribution is -0.116. The molecule has 7 heteroatoms. The third-order valence-corrected chi connectivity index (χ3v) is 3.41. The smallest absolute Gasteiger partial charge is 0.229 e. The number of ether oxygens (including phenoxy) is 2. The normalized spacial score (nSPS) is 10.4. The average molecular weight is 307 g/mol. The monoisotopic (exact) mass is 307 g/mol. The van der Waals surface area contributed by atoms with Crippen molar-refractivity contribution in [1.29, 1.82) is 0 Å². The number of nitrogens with one attached hydrogen (secondary N) is 1. The maximum Gasteiger partial charge on any atom is 0.229 e. The summed E-state index contributed by atoms with van der Waals surface area (Å²) in [6.07, 6.45) is 0.257. The van der Waals surface area contributed by atoms with Crippen molar-refractivity contribution in [2.45, 2.75) is 20.0 Å². The van der Waals surface area contributed by atoms with Crippen molar-refractivity contribution >= 4 is 22.4 Å². The molecule has 0 saturated heterocycles. The second-order valence-corrected chi connectivity index (χ2v) is 5.46. The molecular weight excluding hydrogens is 290 g/mol. The Morgan fingerprint density at radius 1 is 1.29 bits per heavy atom. The molecule has 0 fully saturated rings. The molecule has 2 aromatic rings. The Labute approximate surface area is 127 Å². The SMILES string of the molecule is COCc1nnc(NC(=O)CCOc2ccc(C)cc2)s1. The molecule has 0 aliphatic heterocycles. The number of benzene rings is 1. The molecule has 0 spiro atoms. The van der Waals surface area contributed by atoms with Gasteiger partial charge in [-0.15, -0.1) is 10.2 Å². The van der Waals surface area contributed by atoms with Crippen molar-refractivity contribution in [1.82, 2.24) is 10.2 Å². The van der Waals surface area contributed by atoms with Gasteiger partial charge in [-0.3, -0.25) is 4.79 Å². The van der Waals surface area contributed by atoms with Crippen LogP contribution in [0.15, 0.2) is 24.3 Å². The van der Waals surface area contributed by atoms with Gasteiger partial charge in [-0.2, -0.15) is 0 Å². The second-order valence-electron chi connectivity index (χ2n) is 4.39. The highest BCUT2D eigenvalue weighted by molar-refractivity contribution is 7.15. The molecule has 21 heavy (non-hydrogen) atoms. The third-order valence-electron chi connectivity index (χ3n) is 2.60. The zero-order valence-corrected chi connectivity index (χ0v) is 12.8. The van der Waals surface area contributed by atoms with Crippen LogP contribution in [-0.2, 0) is 16.1 Å². The number of amides is 1. The van der Waals surface area contributed by atoms with E-state index in [1.54, 1.807) is 7.11 Å². The van der Waals surface area contributed by atoms with Crippen LogP contribution in [0, 0.1) is 6.92 Å². The molecule has 2 rings (SSSR count). The molecule has 1 aromatic heterocycles. The Kier molecular flexibility index (Phi) is 5.65. The molecule has 0 aliphatic carbocycles. The molecule has 0 unspecified atom stereocenters. The van der Waals surface area contributed by atoms with Gasteiger partial charge in [-0.1, -0.05) is 29.0 Å². The van der Waals surface area contributed by atoms with Crippen LogP contribution in [0.25, 0.3) is 0 Å². The summed E-state index contributed by atoms with van der Waals surface area (Å²) >= 11 is 1.30. The summed E-state index contributed by atoms with van der Waals surface area (Å²) in [6.45, 7) is 2.72. The molecule has 1 heterocycles. The van der Waals surface area contributed by atoms with E-state index >= 15 is 0 Å². The van der Waals surface area contributed by atoms with Crippen LogP contribution in [0.1, 0.15) is 17.0 Å². The first-order valence-electron chi connectivity index (χ1n) is 6.48. The van der Waals surface area contributed by atoms with Crippen molar-refractivity contribution in [2.24, 2.45) is 0 Å². The standard InChI is InChI=1S/C14H17N3O3S/c1-10-3-5-11(6-4-10)20-8-7-12(18)15-14-17-16-13(21-14)9-19-2/h3-6H,7-9H2,1-2H3,(H,15,17,18). The Morgan fingerprint density at radius 3 is 2.76 bits per heavy atom. The zero-order valence-electron chi connectivity index (χ0n) is 12.0. The van der Waals surface area contributed by atoms with E-state index in [0.29, 0.717) is 18.3 Å². The zero-order chi connectivity index (χ0) is 15.1. The van der Waals surface area contributed by atoms with E-state index in [1.807, 2.05) is 31.2 Å². The Hall–Kier alpha value is -1.99. The number of nitrogens with zero attached hydrogens (tertiary/aromatic N) is 2. The number of hydrogen-bond donors (Lipinski definition) is 1. The molecule has 112 valence electrons. The molecule has 0 saturated carbocycles. The first-order chi connectivity index (χ1) is 10.2. The fourth-order valence-electron chi connectivity index (χ4n) is 1.56. The summed E-state index contributed by atoms with van der Waals surface area (Å²) in [4.78, 5) is 11.7. The van der Waals surface area contributed by atoms with Gasteiger partial charge in [0.1, 0.15) is 17.4 Å². The first kappa shape index (κ1) is 15.4. The predicted molar refractivity (Wildman–Crippen MR) is 80.5 cm³/mol. The van der Waals surface area contributed by atoms with Gasteiger partial charge in [0.05, 0.1) is 13.0 Å². The second kappa shape index (κ2) is 7.70. The topological polar surface area (TPSA) is 73.3 Å². The van der Waals surface area contributed by atoms with Gasteiger partial charge in [0, 0.05) is 7.11 Å². The lowest BCUT2D eigenvalue weighted by Gasteiger charge is -2.05. The molecule has 1 N–H and O–H groups in total. The number of carbonyl (C=O) groups is 1. The third kappa shape index (κ3) is 5.13. The van der Waals surface area contributed by atoms with E-state index in [-0.39, 0.29) is 12.3 Å². The molecule has 1 aromatic carbocycles. The summed E-state index contributed by atoms with van der Waals surface area (Å²) in [6, 6.07) is 7.70. The quantitative estimate of drug-likeness (QED) is 0.850. The molecule has 0 atom stereocenters. The van der Waals surface area contributed by atoms with E-state index in [4.69, 9.17) is 9.47 Å². The minimum Gasteiger partial charge on any atom is -0.493 e. The maximum absolute atomic E-state index is 11.7. The molecule has 6 nitrogen and oxygen atoms in total. The summed E-state index contributed by atoms with van der Waals surface area (Å²) in [5.74, 6) is 0.605. The number of anilines is 1. The highest BCUT2D eigenvalue weighted by atomic mass is 32.1. The van der Waals surface area contributed by atoms with Crippen LogP contribution in [0.3, 0.4) is 0 Å². The van der Waals surface area contributed by atoms with Crippen LogP contribution in [0.5, 0.6) is 5.75 Å². The van der Waals surface area contributed by atoms with Crippen LogP contribution in [0.2, 0.25) is 0 Å². The molecule has 0 radical (unpaired) electrons. The van der Waals surface area contributed by atoms with Crippen LogP contribution in [0.4, 0.5) is 5.13 Å². The maximum atomic E-state index is 11.7. The van der Waals surface area contributed by atoms with Crippen LogP contribution < -0.4 is 10.1 Å². The number of rotatable bonds is 7. The van der Waals surface area contributed by atoms with Crippen molar-refractivity contribution in [2.75, 3.05) is 19.0 Å². The fourth-order valence-corrected chi connectivity index (χ4v) is 2.29. The Balaban J connectivity index is 1.72. The van der Waals surface area contributed by atoms with E-state index in [9.17, 15) is 4.79 Å². The van der Waals surface area contributed by atoms with Crippen molar-refractivity contribution in [3.8, 4) is 5.75 Å². The number of carbonyl (C=O) groups excluding carboxylic acids is 1. The minimum absolute atomic E-state index is 0.151. The number of aryl methyl sites for hydroxylation is 1. The van der Waals surface area contributed by atoms with Gasteiger partial charge in [0.15, 0.2) is 0 Å². The highest BCUT2D eigenvalue weighted by Gasteiger charge is 2.08. The lowest BCUT2D eigenvalue weighted by Crippen LogP contribution is -2.15. The van der Waals surface area contributed by atoms with Crippen LogP contribution in [-0.4, -0.2) is 29.8 Å². The minimum atomic E-state index is -0.151. The average Bonchev–Trinajstić information content (AvgIpc) is 2.89. The van der Waals surface area contributed by atoms with Gasteiger partial charge in [0.2, 0.25) is 11.0 Å². The lowest BCUT2D eigenvalue weighted by atomic mass is 10.2. The van der Waals surface area contributed by atoms with Gasteiger partial charge in [0.25, 0.3) is 0 Å². The van der Waals surface area contributed by atoms with Gasteiger partial charge in [-0.05, 0) is 19.1 Å².